The number of ether oxygens (including phenoxy) is 2. The molecule has 0 fully saturated rings. The molecule has 51 heavy (non-hydrogen) atoms. The van der Waals surface area contributed by atoms with Crippen molar-refractivity contribution in [1.29, 1.82) is 0 Å². The minimum Gasteiger partial charge on any atom is -0.493 e. The average molecular weight is 696 g/mol. The van der Waals surface area contributed by atoms with Crippen molar-refractivity contribution in [2.24, 2.45) is 0 Å². The standard InChI is InChI=1S/C40H49N5O6/c1-6-8-18-43(19-9-7-2)40(49)34-20-27(3)45(42-34)35-16-15-31(41-38(47)22-28-14-17-36(50-4)37(21-28)51-5)24-33(35)39(48)44-25-30-13-11-10-12-29(30)23-32(44)26-46/h10-17,20-21,24,32,46H,6-9,18-19,22-23,25-26H2,1-5H3,(H,41,47)/t32-/m0/s1. The fourth-order valence-electron chi connectivity index (χ4n) is 6.49. The molecule has 0 saturated heterocycles. The van der Waals surface area contributed by atoms with Crippen LogP contribution in [0.4, 0.5) is 5.69 Å². The second-order valence-corrected chi connectivity index (χ2v) is 13.0. The van der Waals surface area contributed by atoms with Gasteiger partial charge in [-0.05, 0) is 79.3 Å². The second kappa shape index (κ2) is 17.2. The number of rotatable bonds is 15. The molecule has 1 aliphatic rings. The molecule has 270 valence electrons. The van der Waals surface area contributed by atoms with E-state index in [2.05, 4.69) is 19.2 Å². The first-order valence-corrected chi connectivity index (χ1v) is 17.7. The summed E-state index contributed by atoms with van der Waals surface area (Å²) in [5.74, 6) is 0.350. The molecule has 11 nitrogen and oxygen atoms in total. The second-order valence-electron chi connectivity index (χ2n) is 13.0. The Hall–Kier alpha value is -5.16. The number of methoxy groups -OCH3 is 2. The van der Waals surface area contributed by atoms with Crippen molar-refractivity contribution in [2.75, 3.05) is 39.2 Å². The predicted octanol–water partition coefficient (Wildman–Crippen LogP) is 5.98. The maximum Gasteiger partial charge on any atom is 0.274 e. The quantitative estimate of drug-likeness (QED) is 0.157. The van der Waals surface area contributed by atoms with Gasteiger partial charge in [0, 0.05) is 31.0 Å². The summed E-state index contributed by atoms with van der Waals surface area (Å²) in [6.45, 7) is 7.48. The van der Waals surface area contributed by atoms with E-state index in [0.717, 1.165) is 42.4 Å². The smallest absolute Gasteiger partial charge is 0.274 e. The molecule has 0 bridgehead atoms. The van der Waals surface area contributed by atoms with Gasteiger partial charge in [-0.1, -0.05) is 57.0 Å². The van der Waals surface area contributed by atoms with Gasteiger partial charge in [-0.2, -0.15) is 5.10 Å². The number of fused-ring (bicyclic) bond motifs is 1. The van der Waals surface area contributed by atoms with Crippen LogP contribution >= 0.6 is 0 Å². The molecule has 2 heterocycles. The lowest BCUT2D eigenvalue weighted by molar-refractivity contribution is -0.115. The van der Waals surface area contributed by atoms with Crippen molar-refractivity contribution < 1.29 is 29.0 Å². The van der Waals surface area contributed by atoms with Gasteiger partial charge in [0.15, 0.2) is 17.2 Å². The summed E-state index contributed by atoms with van der Waals surface area (Å²) in [7, 11) is 3.09. The van der Waals surface area contributed by atoms with Gasteiger partial charge in [-0.15, -0.1) is 0 Å². The number of carbonyl (C=O) groups excluding carboxylic acids is 3. The van der Waals surface area contributed by atoms with Crippen LogP contribution in [0.25, 0.3) is 5.69 Å². The summed E-state index contributed by atoms with van der Waals surface area (Å²) in [4.78, 5) is 45.1. The maximum atomic E-state index is 14.6. The molecule has 2 N–H and O–H groups in total. The monoisotopic (exact) mass is 695 g/mol. The van der Waals surface area contributed by atoms with Gasteiger partial charge >= 0.3 is 0 Å². The first-order chi connectivity index (χ1) is 24.7. The van der Waals surface area contributed by atoms with E-state index in [4.69, 9.17) is 14.6 Å². The summed E-state index contributed by atoms with van der Waals surface area (Å²) in [5, 5.41) is 18.1. The normalized spacial score (nSPS) is 13.8. The van der Waals surface area contributed by atoms with E-state index in [1.807, 2.05) is 36.1 Å². The van der Waals surface area contributed by atoms with Crippen LogP contribution in [-0.4, -0.2) is 82.4 Å². The number of aliphatic hydroxyl groups excluding tert-OH is 1. The Morgan fingerprint density at radius 3 is 2.29 bits per heavy atom. The highest BCUT2D eigenvalue weighted by Crippen LogP contribution is 2.30. The minimum atomic E-state index is -0.440. The first kappa shape index (κ1) is 37.1. The number of nitrogens with one attached hydrogen (secondary N) is 1. The number of amides is 3. The van der Waals surface area contributed by atoms with E-state index in [1.54, 1.807) is 66.3 Å². The largest absolute Gasteiger partial charge is 0.493 e. The number of aryl methyl sites for hydroxylation is 1. The van der Waals surface area contributed by atoms with Gasteiger partial charge < -0.3 is 29.7 Å². The number of anilines is 1. The van der Waals surface area contributed by atoms with Crippen LogP contribution in [0.1, 0.15) is 82.8 Å². The number of hydrogen-bond acceptors (Lipinski definition) is 7. The lowest BCUT2D eigenvalue weighted by Gasteiger charge is -2.36. The molecule has 0 spiro atoms. The molecule has 4 aromatic rings. The summed E-state index contributed by atoms with van der Waals surface area (Å²) in [6, 6.07) is 19.7. The van der Waals surface area contributed by atoms with Crippen LogP contribution in [0.5, 0.6) is 11.5 Å². The Bertz CT molecular complexity index is 1840. The molecule has 1 atom stereocenters. The van der Waals surface area contributed by atoms with E-state index in [9.17, 15) is 19.5 Å². The van der Waals surface area contributed by atoms with E-state index in [-0.39, 0.29) is 36.3 Å². The van der Waals surface area contributed by atoms with Gasteiger partial charge in [0.1, 0.15) is 0 Å². The lowest BCUT2D eigenvalue weighted by atomic mass is 9.93. The zero-order valence-corrected chi connectivity index (χ0v) is 30.3. The fourth-order valence-corrected chi connectivity index (χ4v) is 6.49. The maximum absolute atomic E-state index is 14.6. The van der Waals surface area contributed by atoms with Crippen LogP contribution in [0.15, 0.2) is 66.7 Å². The molecular formula is C40H49N5O6. The summed E-state index contributed by atoms with van der Waals surface area (Å²) in [5.41, 5.74) is 5.02. The highest BCUT2D eigenvalue weighted by Gasteiger charge is 2.32. The zero-order chi connectivity index (χ0) is 36.5. The van der Waals surface area contributed by atoms with Crippen molar-refractivity contribution in [3.8, 4) is 17.2 Å². The topological polar surface area (TPSA) is 126 Å². The molecule has 3 aromatic carbocycles. The number of hydrogen-bond donors (Lipinski definition) is 2. The van der Waals surface area contributed by atoms with Crippen LogP contribution in [-0.2, 0) is 24.2 Å². The molecule has 0 unspecified atom stereocenters. The number of nitrogens with zero attached hydrogens (tertiary/aromatic N) is 4. The molecule has 0 saturated carbocycles. The molecule has 0 aliphatic carbocycles. The van der Waals surface area contributed by atoms with Crippen molar-refractivity contribution >= 4 is 23.4 Å². The Morgan fingerprint density at radius 1 is 0.922 bits per heavy atom. The van der Waals surface area contributed by atoms with Crippen LogP contribution < -0.4 is 14.8 Å². The van der Waals surface area contributed by atoms with Crippen LogP contribution in [0, 0.1) is 6.92 Å². The third-order valence-corrected chi connectivity index (χ3v) is 9.34. The molecule has 3 amide bonds. The first-order valence-electron chi connectivity index (χ1n) is 17.7. The van der Waals surface area contributed by atoms with Crippen molar-refractivity contribution in [3.05, 3.63) is 100 Å². The van der Waals surface area contributed by atoms with Gasteiger partial charge in [-0.25, -0.2) is 4.68 Å². The number of unbranched alkanes of at least 4 members (excludes halogenated alkanes) is 2. The highest BCUT2D eigenvalue weighted by atomic mass is 16.5. The molecular weight excluding hydrogens is 646 g/mol. The van der Waals surface area contributed by atoms with Crippen LogP contribution in [0.3, 0.4) is 0 Å². The minimum absolute atomic E-state index is 0.0666. The Kier molecular flexibility index (Phi) is 12.5. The number of carbonyl (C=O) groups is 3. The average Bonchev–Trinajstić information content (AvgIpc) is 3.54. The van der Waals surface area contributed by atoms with Crippen molar-refractivity contribution in [1.82, 2.24) is 19.6 Å². The Labute approximate surface area is 300 Å². The molecule has 0 radical (unpaired) electrons. The summed E-state index contributed by atoms with van der Waals surface area (Å²) in [6.07, 6.45) is 4.33. The lowest BCUT2D eigenvalue weighted by Crippen LogP contribution is -2.46. The fraction of sp³-hybridized carbons (Fsp3) is 0.400. The van der Waals surface area contributed by atoms with E-state index < -0.39 is 6.04 Å². The van der Waals surface area contributed by atoms with Crippen molar-refractivity contribution in [2.45, 2.75) is 71.9 Å². The van der Waals surface area contributed by atoms with Gasteiger partial charge in [0.05, 0.1) is 44.5 Å². The van der Waals surface area contributed by atoms with Crippen molar-refractivity contribution in [3.63, 3.8) is 0 Å². The predicted molar refractivity (Wildman–Crippen MR) is 197 cm³/mol. The van der Waals surface area contributed by atoms with Gasteiger partial charge in [0.2, 0.25) is 5.91 Å². The third-order valence-electron chi connectivity index (χ3n) is 9.34. The summed E-state index contributed by atoms with van der Waals surface area (Å²) >= 11 is 0. The van der Waals surface area contributed by atoms with Gasteiger partial charge in [0.25, 0.3) is 11.8 Å². The molecule has 5 rings (SSSR count). The Balaban J connectivity index is 1.50. The van der Waals surface area contributed by atoms with E-state index in [1.165, 1.54) is 0 Å². The summed E-state index contributed by atoms with van der Waals surface area (Å²) < 4.78 is 12.3. The third kappa shape index (κ3) is 8.60. The highest BCUT2D eigenvalue weighted by molar-refractivity contribution is 6.01. The van der Waals surface area contributed by atoms with E-state index >= 15 is 0 Å². The molecule has 1 aromatic heterocycles. The molecule has 11 heteroatoms. The number of aromatic nitrogens is 2. The number of aliphatic hydroxyl groups is 1. The SMILES string of the molecule is CCCCN(CCCC)C(=O)c1cc(C)n(-c2ccc(NC(=O)Cc3ccc(OC)c(OC)c3)cc2C(=O)N2Cc3ccccc3C[C@H]2CO)n1. The zero-order valence-electron chi connectivity index (χ0n) is 30.3. The van der Waals surface area contributed by atoms with Gasteiger partial charge in [-0.3, -0.25) is 14.4 Å². The Morgan fingerprint density at radius 2 is 1.63 bits per heavy atom. The molecule has 1 aliphatic heterocycles. The van der Waals surface area contributed by atoms with Crippen LogP contribution in [0.2, 0.25) is 0 Å². The van der Waals surface area contributed by atoms with E-state index in [0.29, 0.717) is 60.3 Å². The number of benzene rings is 3.